The van der Waals surface area contributed by atoms with E-state index in [0.29, 0.717) is 11.5 Å². The molecule has 0 saturated carbocycles. The smallest absolute Gasteiger partial charge is 0.304 e. The van der Waals surface area contributed by atoms with Gasteiger partial charge in [0.05, 0.1) is 17.4 Å². The lowest BCUT2D eigenvalue weighted by molar-refractivity contribution is -0.137. The Hall–Kier alpha value is -1.99. The Morgan fingerprint density at radius 2 is 1.26 bits per heavy atom. The molecule has 2 aromatic carbocycles. The van der Waals surface area contributed by atoms with Crippen molar-refractivity contribution < 1.29 is 24.2 Å². The largest absolute Gasteiger partial charge is 0.481 e. The van der Waals surface area contributed by atoms with Crippen LogP contribution in [-0.4, -0.2) is 33.7 Å². The van der Waals surface area contributed by atoms with E-state index in [0.717, 1.165) is 32.1 Å². The van der Waals surface area contributed by atoms with Crippen LogP contribution in [0.2, 0.25) is 0 Å². The standard InChI is InChI=1S/C27H35FO4S2/c28-23-15-13-21(14-16-23)9-5-3-1-2-4-6-10-22-11-7-8-12-24(22)27(33-19-17-25(29)30)34-20-18-26(31)32/h7-8,11-16,27H,1-6,9-10,17-20H2,(H,29,30)(H,31,32). The third kappa shape index (κ3) is 11.9. The summed E-state index contributed by atoms with van der Waals surface area (Å²) in [5.74, 6) is -0.798. The van der Waals surface area contributed by atoms with E-state index in [2.05, 4.69) is 12.1 Å². The highest BCUT2D eigenvalue weighted by molar-refractivity contribution is 8.16. The first-order chi connectivity index (χ1) is 16.5. The van der Waals surface area contributed by atoms with Gasteiger partial charge in [0, 0.05) is 11.5 Å². The van der Waals surface area contributed by atoms with Crippen molar-refractivity contribution in [3.05, 3.63) is 71.0 Å². The Bertz CT molecular complexity index is 853. The molecule has 0 amide bonds. The highest BCUT2D eigenvalue weighted by atomic mass is 32.2. The van der Waals surface area contributed by atoms with E-state index in [9.17, 15) is 14.0 Å². The molecule has 0 saturated heterocycles. The van der Waals surface area contributed by atoms with Gasteiger partial charge in [0.2, 0.25) is 0 Å². The quantitative estimate of drug-likeness (QED) is 0.162. The zero-order chi connectivity index (χ0) is 24.6. The molecule has 2 rings (SSSR count). The number of carbonyl (C=O) groups is 2. The minimum absolute atomic E-state index is 0.0429. The number of rotatable bonds is 18. The molecule has 0 aliphatic heterocycles. The summed E-state index contributed by atoms with van der Waals surface area (Å²) in [6, 6.07) is 15.0. The number of unbranched alkanes of at least 4 members (excludes halogenated alkanes) is 5. The van der Waals surface area contributed by atoms with Gasteiger partial charge in [-0.15, -0.1) is 23.5 Å². The summed E-state index contributed by atoms with van der Waals surface area (Å²) in [6.45, 7) is 0. The van der Waals surface area contributed by atoms with Crippen LogP contribution in [0.1, 0.15) is 72.6 Å². The fourth-order valence-electron chi connectivity index (χ4n) is 3.73. The van der Waals surface area contributed by atoms with E-state index in [1.165, 1.54) is 48.1 Å². The zero-order valence-electron chi connectivity index (χ0n) is 19.6. The fourth-order valence-corrected chi connectivity index (χ4v) is 6.52. The zero-order valence-corrected chi connectivity index (χ0v) is 21.2. The molecule has 34 heavy (non-hydrogen) atoms. The average molecular weight is 507 g/mol. The summed E-state index contributed by atoms with van der Waals surface area (Å²) >= 11 is 3.18. The number of benzene rings is 2. The number of carboxylic acid groups (broad SMARTS) is 2. The van der Waals surface area contributed by atoms with Gasteiger partial charge in [-0.05, 0) is 54.5 Å². The molecule has 2 aromatic rings. The monoisotopic (exact) mass is 506 g/mol. The maximum Gasteiger partial charge on any atom is 0.304 e. The lowest BCUT2D eigenvalue weighted by Crippen LogP contribution is -2.03. The molecule has 0 aliphatic rings. The molecule has 2 N–H and O–H groups in total. The summed E-state index contributed by atoms with van der Waals surface area (Å²) < 4.78 is 13.0. The van der Waals surface area contributed by atoms with Crippen molar-refractivity contribution in [3.8, 4) is 0 Å². The SMILES string of the molecule is O=C(O)CCSC(SCCC(=O)O)c1ccccc1CCCCCCCCc1ccc(F)cc1. The topological polar surface area (TPSA) is 74.6 Å². The van der Waals surface area contributed by atoms with Crippen LogP contribution in [-0.2, 0) is 22.4 Å². The van der Waals surface area contributed by atoms with Crippen LogP contribution in [0, 0.1) is 5.82 Å². The van der Waals surface area contributed by atoms with Crippen LogP contribution in [0.15, 0.2) is 48.5 Å². The molecule has 0 spiro atoms. The number of hydrogen-bond donors (Lipinski definition) is 2. The molecular formula is C27H35FO4S2. The van der Waals surface area contributed by atoms with Gasteiger partial charge >= 0.3 is 11.9 Å². The first kappa shape index (κ1) is 28.2. The van der Waals surface area contributed by atoms with Crippen molar-refractivity contribution >= 4 is 35.5 Å². The molecule has 0 atom stereocenters. The van der Waals surface area contributed by atoms with Crippen molar-refractivity contribution in [2.45, 2.75) is 68.8 Å². The molecule has 0 aliphatic carbocycles. The molecule has 0 aromatic heterocycles. The van der Waals surface area contributed by atoms with Crippen molar-refractivity contribution in [1.29, 1.82) is 0 Å². The van der Waals surface area contributed by atoms with Gasteiger partial charge in [-0.3, -0.25) is 9.59 Å². The van der Waals surface area contributed by atoms with Gasteiger partial charge in [0.25, 0.3) is 0 Å². The molecule has 7 heteroatoms. The molecule has 0 radical (unpaired) electrons. The van der Waals surface area contributed by atoms with E-state index in [-0.39, 0.29) is 23.2 Å². The molecule has 186 valence electrons. The Kier molecular flexibility index (Phi) is 13.8. The van der Waals surface area contributed by atoms with Crippen LogP contribution >= 0.6 is 23.5 Å². The minimum Gasteiger partial charge on any atom is -0.481 e. The van der Waals surface area contributed by atoms with Crippen molar-refractivity contribution in [3.63, 3.8) is 0 Å². The summed E-state index contributed by atoms with van der Waals surface area (Å²) in [5, 5.41) is 18.0. The summed E-state index contributed by atoms with van der Waals surface area (Å²) in [6.07, 6.45) is 9.11. The number of hydrogen-bond acceptors (Lipinski definition) is 4. The third-order valence-electron chi connectivity index (χ3n) is 5.55. The van der Waals surface area contributed by atoms with Crippen LogP contribution in [0.5, 0.6) is 0 Å². The van der Waals surface area contributed by atoms with Gasteiger partial charge in [0.15, 0.2) is 0 Å². The van der Waals surface area contributed by atoms with Crippen LogP contribution in [0.3, 0.4) is 0 Å². The fraction of sp³-hybridized carbons (Fsp3) is 0.481. The van der Waals surface area contributed by atoms with E-state index in [1.54, 1.807) is 23.5 Å². The molecule has 0 fully saturated rings. The lowest BCUT2D eigenvalue weighted by atomic mass is 10.0. The maximum atomic E-state index is 13.0. The molecule has 0 unspecified atom stereocenters. The minimum atomic E-state index is -0.812. The number of aryl methyl sites for hydroxylation is 2. The van der Waals surface area contributed by atoms with Crippen molar-refractivity contribution in [2.75, 3.05) is 11.5 Å². The Balaban J connectivity index is 1.75. The number of aliphatic carboxylic acids is 2. The normalized spacial score (nSPS) is 11.1. The average Bonchev–Trinajstić information content (AvgIpc) is 2.81. The van der Waals surface area contributed by atoms with E-state index in [1.807, 2.05) is 24.3 Å². The number of halogens is 1. The van der Waals surface area contributed by atoms with Crippen molar-refractivity contribution in [1.82, 2.24) is 0 Å². The third-order valence-corrected chi connectivity index (χ3v) is 8.36. The lowest BCUT2D eigenvalue weighted by Gasteiger charge is -2.20. The second-order valence-electron chi connectivity index (χ2n) is 8.31. The Morgan fingerprint density at radius 1 is 0.735 bits per heavy atom. The van der Waals surface area contributed by atoms with E-state index < -0.39 is 11.9 Å². The van der Waals surface area contributed by atoms with Gasteiger partial charge in [-0.1, -0.05) is 62.1 Å². The highest BCUT2D eigenvalue weighted by Gasteiger charge is 2.17. The first-order valence-electron chi connectivity index (χ1n) is 11.9. The summed E-state index contributed by atoms with van der Waals surface area (Å²) in [5.41, 5.74) is 3.65. The van der Waals surface area contributed by atoms with Gasteiger partial charge in [0.1, 0.15) is 5.82 Å². The first-order valence-corrected chi connectivity index (χ1v) is 14.0. The van der Waals surface area contributed by atoms with Gasteiger partial charge < -0.3 is 10.2 Å². The second kappa shape index (κ2) is 16.6. The van der Waals surface area contributed by atoms with E-state index in [4.69, 9.17) is 10.2 Å². The van der Waals surface area contributed by atoms with Gasteiger partial charge in [-0.25, -0.2) is 4.39 Å². The predicted molar refractivity (Wildman–Crippen MR) is 140 cm³/mol. The van der Waals surface area contributed by atoms with Crippen LogP contribution < -0.4 is 0 Å². The van der Waals surface area contributed by atoms with Crippen LogP contribution in [0.25, 0.3) is 0 Å². The summed E-state index contributed by atoms with van der Waals surface area (Å²) in [7, 11) is 0. The van der Waals surface area contributed by atoms with Gasteiger partial charge in [-0.2, -0.15) is 0 Å². The maximum absolute atomic E-state index is 13.0. The Labute approximate surface area is 210 Å². The highest BCUT2D eigenvalue weighted by Crippen LogP contribution is 2.42. The molecule has 0 heterocycles. The molecule has 4 nitrogen and oxygen atoms in total. The number of carboxylic acids is 2. The number of thioether (sulfide) groups is 2. The second-order valence-corrected chi connectivity index (χ2v) is 11.0. The predicted octanol–water partition coefficient (Wildman–Crippen LogP) is 7.37. The van der Waals surface area contributed by atoms with Crippen molar-refractivity contribution in [2.24, 2.45) is 0 Å². The summed E-state index contributed by atoms with van der Waals surface area (Å²) in [4.78, 5) is 21.9. The molecule has 0 bridgehead atoms. The van der Waals surface area contributed by atoms with E-state index >= 15 is 0 Å². The molecular weight excluding hydrogens is 471 g/mol. The Morgan fingerprint density at radius 3 is 1.85 bits per heavy atom. The van der Waals surface area contributed by atoms with Crippen LogP contribution in [0.4, 0.5) is 4.39 Å².